The highest BCUT2D eigenvalue weighted by molar-refractivity contribution is 14.1. The minimum atomic E-state index is 0.397. The van der Waals surface area contributed by atoms with Gasteiger partial charge in [0.05, 0.1) is 32.7 Å². The van der Waals surface area contributed by atoms with E-state index in [1.807, 2.05) is 122 Å². The number of benzene rings is 4. The first-order chi connectivity index (χ1) is 29.2. The fourth-order valence-corrected chi connectivity index (χ4v) is 6.91. The Morgan fingerprint density at radius 2 is 1.03 bits per heavy atom. The van der Waals surface area contributed by atoms with Gasteiger partial charge in [-0.1, -0.05) is 73.0 Å². The maximum absolute atomic E-state index is 6.18. The van der Waals surface area contributed by atoms with Gasteiger partial charge in [-0.3, -0.25) is 0 Å². The number of aromatic nitrogens is 6. The normalized spacial score (nSPS) is 10.7. The molecule has 0 aliphatic rings. The molecule has 4 aromatic heterocycles. The molecular formula is C47H51IN8O4. The summed E-state index contributed by atoms with van der Waals surface area (Å²) in [5, 5.41) is 13.8. The molecule has 12 nitrogen and oxygen atoms in total. The van der Waals surface area contributed by atoms with Crippen LogP contribution in [0.3, 0.4) is 0 Å². The largest absolute Gasteiger partial charge is 0.497 e. The van der Waals surface area contributed by atoms with Crippen LogP contribution in [0.5, 0.6) is 34.5 Å². The van der Waals surface area contributed by atoms with Gasteiger partial charge in [-0.05, 0) is 116 Å². The summed E-state index contributed by atoms with van der Waals surface area (Å²) in [6, 6.07) is 35.4. The number of pyridine rings is 2. The van der Waals surface area contributed by atoms with Gasteiger partial charge in [-0.15, -0.1) is 0 Å². The quantitative estimate of drug-likeness (QED) is 0.0850. The van der Waals surface area contributed by atoms with Crippen LogP contribution in [0, 0.1) is 17.5 Å². The van der Waals surface area contributed by atoms with Gasteiger partial charge in [0.15, 0.2) is 17.1 Å². The number of nitrogens with zero attached hydrogens (tertiary/aromatic N) is 6. The van der Waals surface area contributed by atoms with Crippen LogP contribution in [-0.4, -0.2) is 57.3 Å². The number of anilines is 1. The van der Waals surface area contributed by atoms with Gasteiger partial charge in [-0.25, -0.2) is 19.3 Å². The average molecular weight is 919 g/mol. The van der Waals surface area contributed by atoms with Crippen LogP contribution in [0.15, 0.2) is 122 Å². The van der Waals surface area contributed by atoms with Crippen molar-refractivity contribution in [2.75, 3.05) is 33.5 Å². The zero-order valence-electron chi connectivity index (χ0n) is 34.9. The van der Waals surface area contributed by atoms with E-state index in [1.165, 1.54) is 24.0 Å². The summed E-state index contributed by atoms with van der Waals surface area (Å²) in [7, 11) is 5.30. The molecular weight excluding hydrogens is 867 g/mol. The molecule has 0 unspecified atom stereocenters. The molecule has 3 N–H and O–H groups in total. The molecule has 0 aliphatic heterocycles. The predicted octanol–water partition coefficient (Wildman–Crippen LogP) is 10.4. The Morgan fingerprint density at radius 1 is 0.600 bits per heavy atom. The van der Waals surface area contributed by atoms with E-state index in [0.717, 1.165) is 61.2 Å². The number of nitrogens with one attached hydrogen (secondary N) is 1. The second-order valence-electron chi connectivity index (χ2n) is 14.0. The predicted molar refractivity (Wildman–Crippen MR) is 248 cm³/mol. The van der Waals surface area contributed by atoms with E-state index in [1.54, 1.807) is 37.4 Å². The third kappa shape index (κ3) is 11.3. The van der Waals surface area contributed by atoms with E-state index in [9.17, 15) is 0 Å². The highest BCUT2D eigenvalue weighted by Gasteiger charge is 2.17. The molecule has 4 aromatic carbocycles. The summed E-state index contributed by atoms with van der Waals surface area (Å²) in [6.07, 6.45) is 6.06. The lowest BCUT2D eigenvalue weighted by Crippen LogP contribution is -2.06. The molecule has 8 aromatic rings. The van der Waals surface area contributed by atoms with Crippen molar-refractivity contribution in [3.05, 3.63) is 148 Å². The Morgan fingerprint density at radius 3 is 1.47 bits per heavy atom. The Balaban J connectivity index is 0.000000177. The highest BCUT2D eigenvalue weighted by Crippen LogP contribution is 2.34. The SMILES string of the molecule is CCCCNC.COc1ccc(Cn2nc(I)c3c(Oc4ccc(C)cc4)ccnc32)cc1.COc1ccc(Cn2nc(N)c3c(Oc4ccc(C)cc4)ccnc32)cc1. The first kappa shape index (κ1) is 43.4. The molecule has 310 valence electrons. The summed E-state index contributed by atoms with van der Waals surface area (Å²) in [6.45, 7) is 8.63. The Bertz CT molecular complexity index is 2390. The van der Waals surface area contributed by atoms with Crippen LogP contribution in [0.25, 0.3) is 22.1 Å². The number of hydrogen-bond acceptors (Lipinski definition) is 10. The first-order valence-corrected chi connectivity index (χ1v) is 20.8. The van der Waals surface area contributed by atoms with E-state index < -0.39 is 0 Å². The molecule has 0 fully saturated rings. The van der Waals surface area contributed by atoms with Crippen LogP contribution < -0.4 is 30.0 Å². The number of halogens is 1. The number of ether oxygens (including phenoxy) is 4. The fourth-order valence-electron chi connectivity index (χ4n) is 6.14. The van der Waals surface area contributed by atoms with Gasteiger partial charge in [0.2, 0.25) is 0 Å². The molecule has 0 saturated heterocycles. The van der Waals surface area contributed by atoms with Crippen molar-refractivity contribution in [3.63, 3.8) is 0 Å². The molecule has 0 spiro atoms. The Labute approximate surface area is 364 Å². The van der Waals surface area contributed by atoms with Crippen LogP contribution in [0.2, 0.25) is 0 Å². The number of rotatable bonds is 13. The summed E-state index contributed by atoms with van der Waals surface area (Å²) >= 11 is 2.23. The smallest absolute Gasteiger partial charge is 0.164 e. The number of hydrogen-bond donors (Lipinski definition) is 2. The standard InChI is InChI=1S/C21H18IN3O2.C21H20N4O2.C5H13N/c2*1-14-3-7-17(8-4-14)27-18-11-12-23-21-19(18)20(22)24-25(21)13-15-5-9-16(26-2)10-6-15;1-3-4-5-6-2/h3-12H,13H2,1-2H3;3-12H,13H2,1-2H3,(H2,22,24);6H,3-5H2,1-2H3. The number of fused-ring (bicyclic) bond motifs is 2. The van der Waals surface area contributed by atoms with E-state index in [2.05, 4.69) is 61.9 Å². The van der Waals surface area contributed by atoms with E-state index in [4.69, 9.17) is 24.7 Å². The van der Waals surface area contributed by atoms with E-state index in [-0.39, 0.29) is 0 Å². The van der Waals surface area contributed by atoms with Crippen molar-refractivity contribution in [2.24, 2.45) is 0 Å². The molecule has 0 saturated carbocycles. The molecule has 0 radical (unpaired) electrons. The van der Waals surface area contributed by atoms with Crippen molar-refractivity contribution in [3.8, 4) is 34.5 Å². The number of methoxy groups -OCH3 is 2. The van der Waals surface area contributed by atoms with Gasteiger partial charge in [0.1, 0.15) is 43.6 Å². The number of nitrogen functional groups attached to an aromatic ring is 1. The maximum atomic E-state index is 6.18. The van der Waals surface area contributed by atoms with Crippen molar-refractivity contribution in [1.82, 2.24) is 34.8 Å². The second kappa shape index (κ2) is 21.2. The van der Waals surface area contributed by atoms with Crippen molar-refractivity contribution in [2.45, 2.75) is 46.7 Å². The number of aryl methyl sites for hydroxylation is 2. The minimum absolute atomic E-state index is 0.397. The van der Waals surface area contributed by atoms with Crippen molar-refractivity contribution in [1.29, 1.82) is 0 Å². The number of unbranched alkanes of at least 4 members (excludes halogenated alkanes) is 1. The molecule has 0 atom stereocenters. The third-order valence-corrected chi connectivity index (χ3v) is 10.2. The van der Waals surface area contributed by atoms with Gasteiger partial charge < -0.3 is 30.0 Å². The number of nitrogens with two attached hydrogens (primary N) is 1. The molecule has 13 heteroatoms. The van der Waals surface area contributed by atoms with Crippen molar-refractivity contribution < 1.29 is 18.9 Å². The van der Waals surface area contributed by atoms with Crippen LogP contribution in [-0.2, 0) is 13.1 Å². The lowest BCUT2D eigenvalue weighted by Gasteiger charge is -2.08. The van der Waals surface area contributed by atoms with Crippen LogP contribution in [0.4, 0.5) is 5.82 Å². The van der Waals surface area contributed by atoms with Crippen molar-refractivity contribution >= 4 is 50.5 Å². The van der Waals surface area contributed by atoms with Crippen LogP contribution >= 0.6 is 22.6 Å². The zero-order valence-corrected chi connectivity index (χ0v) is 37.0. The van der Waals surface area contributed by atoms with E-state index in [0.29, 0.717) is 35.7 Å². The lowest BCUT2D eigenvalue weighted by atomic mass is 10.2. The van der Waals surface area contributed by atoms with Gasteiger partial charge in [-0.2, -0.15) is 10.2 Å². The third-order valence-electron chi connectivity index (χ3n) is 9.43. The van der Waals surface area contributed by atoms with Gasteiger partial charge in [0, 0.05) is 24.5 Å². The van der Waals surface area contributed by atoms with Crippen LogP contribution in [0.1, 0.15) is 42.0 Å². The maximum Gasteiger partial charge on any atom is 0.164 e. The second-order valence-corrected chi connectivity index (χ2v) is 15.0. The molecule has 0 amide bonds. The summed E-state index contributed by atoms with van der Waals surface area (Å²) < 4.78 is 27.1. The lowest BCUT2D eigenvalue weighted by molar-refractivity contribution is 0.414. The molecule has 0 bridgehead atoms. The fraction of sp³-hybridized carbons (Fsp3) is 0.234. The minimum Gasteiger partial charge on any atom is -0.497 e. The summed E-state index contributed by atoms with van der Waals surface area (Å²) in [4.78, 5) is 9.00. The average Bonchev–Trinajstić information content (AvgIpc) is 3.77. The van der Waals surface area contributed by atoms with Gasteiger partial charge >= 0.3 is 0 Å². The van der Waals surface area contributed by atoms with Gasteiger partial charge in [0.25, 0.3) is 0 Å². The Hall–Kier alpha value is -6.19. The monoisotopic (exact) mass is 918 g/mol. The Kier molecular flexibility index (Phi) is 15.3. The topological polar surface area (TPSA) is 136 Å². The molecule has 4 heterocycles. The molecule has 0 aliphatic carbocycles. The summed E-state index contributed by atoms with van der Waals surface area (Å²) in [5.41, 5.74) is 12.3. The molecule has 8 rings (SSSR count). The first-order valence-electron chi connectivity index (χ1n) is 19.7. The summed E-state index contributed by atoms with van der Waals surface area (Å²) in [5.74, 6) is 4.99. The zero-order chi connectivity index (χ0) is 42.4. The molecule has 60 heavy (non-hydrogen) atoms. The highest BCUT2D eigenvalue weighted by atomic mass is 127. The van der Waals surface area contributed by atoms with E-state index >= 15 is 0 Å².